The molecule has 0 amide bonds. The van der Waals surface area contributed by atoms with Gasteiger partial charge in [0.15, 0.2) is 0 Å². The van der Waals surface area contributed by atoms with E-state index in [1.807, 2.05) is 0 Å². The van der Waals surface area contributed by atoms with Gasteiger partial charge in [-0.05, 0) is 24.3 Å². The Morgan fingerprint density at radius 2 is 2.13 bits per heavy atom. The molecule has 1 N–H and O–H groups in total. The Morgan fingerprint density at radius 3 is 2.73 bits per heavy atom. The first-order chi connectivity index (χ1) is 7.18. The Morgan fingerprint density at radius 1 is 1.33 bits per heavy atom. The molecule has 1 unspecified atom stereocenters. The Balaban J connectivity index is 2.38. The van der Waals surface area contributed by atoms with E-state index in [2.05, 4.69) is 0 Å². The molecule has 0 spiro atoms. The lowest BCUT2D eigenvalue weighted by Crippen LogP contribution is -1.99. The van der Waals surface area contributed by atoms with Crippen LogP contribution in [0.4, 0.5) is 4.39 Å². The van der Waals surface area contributed by atoms with Gasteiger partial charge in [-0.3, -0.25) is 0 Å². The summed E-state index contributed by atoms with van der Waals surface area (Å²) in [5.41, 5.74) is 0.424. The standard InChI is InChI=1S/C11H8ClFO2/c12-9-6-7(13)3-4-8(9)11(14)10-2-1-5-15-10/h1-6,11,14H. The third kappa shape index (κ3) is 2.03. The highest BCUT2D eigenvalue weighted by Gasteiger charge is 2.16. The average Bonchev–Trinajstić information content (AvgIpc) is 2.69. The molecule has 0 saturated heterocycles. The number of benzene rings is 1. The van der Waals surface area contributed by atoms with Crippen LogP contribution in [-0.2, 0) is 0 Å². The van der Waals surface area contributed by atoms with E-state index in [0.717, 1.165) is 6.07 Å². The van der Waals surface area contributed by atoms with Crippen molar-refractivity contribution in [2.45, 2.75) is 6.10 Å². The zero-order valence-corrected chi connectivity index (χ0v) is 8.41. The maximum Gasteiger partial charge on any atom is 0.138 e. The Bertz CT molecular complexity index is 454. The van der Waals surface area contributed by atoms with Crippen LogP contribution < -0.4 is 0 Å². The van der Waals surface area contributed by atoms with Crippen LogP contribution in [0.15, 0.2) is 41.0 Å². The van der Waals surface area contributed by atoms with Gasteiger partial charge in [-0.2, -0.15) is 0 Å². The molecule has 0 aliphatic heterocycles. The van der Waals surface area contributed by atoms with E-state index in [9.17, 15) is 9.50 Å². The molecule has 1 heterocycles. The van der Waals surface area contributed by atoms with Crippen molar-refractivity contribution in [3.05, 3.63) is 58.8 Å². The van der Waals surface area contributed by atoms with Gasteiger partial charge in [-0.15, -0.1) is 0 Å². The molecule has 15 heavy (non-hydrogen) atoms. The fourth-order valence-electron chi connectivity index (χ4n) is 1.32. The van der Waals surface area contributed by atoms with Gasteiger partial charge in [0.25, 0.3) is 0 Å². The number of halogens is 2. The minimum atomic E-state index is -0.965. The summed E-state index contributed by atoms with van der Waals surface area (Å²) in [6, 6.07) is 7.13. The predicted octanol–water partition coefficient (Wildman–Crippen LogP) is 3.15. The van der Waals surface area contributed by atoms with Crippen molar-refractivity contribution in [3.63, 3.8) is 0 Å². The summed E-state index contributed by atoms with van der Waals surface area (Å²) >= 11 is 5.80. The summed E-state index contributed by atoms with van der Waals surface area (Å²) in [5.74, 6) is -0.0566. The van der Waals surface area contributed by atoms with Gasteiger partial charge < -0.3 is 9.52 Å². The van der Waals surface area contributed by atoms with Crippen molar-refractivity contribution in [1.29, 1.82) is 0 Å². The van der Waals surface area contributed by atoms with Gasteiger partial charge in [-0.25, -0.2) is 4.39 Å². The maximum absolute atomic E-state index is 12.8. The molecule has 0 aliphatic carbocycles. The van der Waals surface area contributed by atoms with Crippen LogP contribution in [0.2, 0.25) is 5.02 Å². The number of aliphatic hydroxyl groups excluding tert-OH is 1. The quantitative estimate of drug-likeness (QED) is 0.853. The van der Waals surface area contributed by atoms with E-state index < -0.39 is 11.9 Å². The molecule has 2 aromatic rings. The number of rotatable bonds is 2. The summed E-state index contributed by atoms with van der Waals surface area (Å²) in [5, 5.41) is 10.0. The Labute approximate surface area is 90.9 Å². The number of hydrogen-bond donors (Lipinski definition) is 1. The normalized spacial score (nSPS) is 12.7. The summed E-state index contributed by atoms with van der Waals surface area (Å²) in [4.78, 5) is 0. The second-order valence-electron chi connectivity index (χ2n) is 3.08. The summed E-state index contributed by atoms with van der Waals surface area (Å²) in [6.07, 6.45) is 0.490. The van der Waals surface area contributed by atoms with Crippen LogP contribution in [0.1, 0.15) is 17.4 Å². The van der Waals surface area contributed by atoms with Gasteiger partial charge in [-0.1, -0.05) is 17.7 Å². The number of aliphatic hydroxyl groups is 1. The van der Waals surface area contributed by atoms with E-state index in [4.69, 9.17) is 16.0 Å². The molecule has 1 aromatic carbocycles. The third-order valence-corrected chi connectivity index (χ3v) is 2.40. The Hall–Kier alpha value is -1.32. The molecule has 2 nitrogen and oxygen atoms in total. The lowest BCUT2D eigenvalue weighted by atomic mass is 10.1. The van der Waals surface area contributed by atoms with E-state index in [0.29, 0.717) is 11.3 Å². The summed E-state index contributed by atoms with van der Waals surface area (Å²) in [7, 11) is 0. The lowest BCUT2D eigenvalue weighted by Gasteiger charge is -2.09. The van der Waals surface area contributed by atoms with Gasteiger partial charge in [0.05, 0.1) is 6.26 Å². The van der Waals surface area contributed by atoms with Crippen LogP contribution in [0.3, 0.4) is 0 Å². The van der Waals surface area contributed by atoms with Gasteiger partial charge in [0.2, 0.25) is 0 Å². The molecule has 0 bridgehead atoms. The maximum atomic E-state index is 12.8. The van der Waals surface area contributed by atoms with Crippen LogP contribution >= 0.6 is 11.6 Å². The van der Waals surface area contributed by atoms with Crippen LogP contribution in [-0.4, -0.2) is 5.11 Å². The first-order valence-corrected chi connectivity index (χ1v) is 4.72. The molecule has 78 valence electrons. The van der Waals surface area contributed by atoms with Gasteiger partial charge >= 0.3 is 0 Å². The fraction of sp³-hybridized carbons (Fsp3) is 0.0909. The topological polar surface area (TPSA) is 33.4 Å². The summed E-state index contributed by atoms with van der Waals surface area (Å²) < 4.78 is 17.8. The minimum absolute atomic E-state index is 0.180. The molecular weight excluding hydrogens is 219 g/mol. The van der Waals surface area contributed by atoms with E-state index >= 15 is 0 Å². The van der Waals surface area contributed by atoms with Crippen LogP contribution in [0, 0.1) is 5.82 Å². The molecular formula is C11H8ClFO2. The van der Waals surface area contributed by atoms with E-state index in [1.165, 1.54) is 18.4 Å². The van der Waals surface area contributed by atoms with E-state index in [1.54, 1.807) is 12.1 Å². The second-order valence-corrected chi connectivity index (χ2v) is 3.49. The number of hydrogen-bond acceptors (Lipinski definition) is 2. The molecule has 0 aliphatic rings. The average molecular weight is 227 g/mol. The lowest BCUT2D eigenvalue weighted by molar-refractivity contribution is 0.189. The minimum Gasteiger partial charge on any atom is -0.466 e. The fourth-order valence-corrected chi connectivity index (χ4v) is 1.59. The number of furan rings is 1. The molecule has 2 rings (SSSR count). The highest BCUT2D eigenvalue weighted by molar-refractivity contribution is 6.31. The first kappa shape index (κ1) is 10.2. The SMILES string of the molecule is OC(c1ccco1)c1ccc(F)cc1Cl. The zero-order chi connectivity index (χ0) is 10.8. The van der Waals surface area contributed by atoms with Crippen molar-refractivity contribution in [2.24, 2.45) is 0 Å². The largest absolute Gasteiger partial charge is 0.466 e. The third-order valence-electron chi connectivity index (χ3n) is 2.07. The summed E-state index contributed by atoms with van der Waals surface area (Å²) in [6.45, 7) is 0. The Kier molecular flexibility index (Phi) is 2.75. The highest BCUT2D eigenvalue weighted by Crippen LogP contribution is 2.28. The van der Waals surface area contributed by atoms with Crippen molar-refractivity contribution < 1.29 is 13.9 Å². The van der Waals surface area contributed by atoms with Crippen LogP contribution in [0.25, 0.3) is 0 Å². The monoisotopic (exact) mass is 226 g/mol. The first-order valence-electron chi connectivity index (χ1n) is 4.35. The van der Waals surface area contributed by atoms with Crippen molar-refractivity contribution in [2.75, 3.05) is 0 Å². The molecule has 0 fully saturated rings. The molecule has 4 heteroatoms. The second kappa shape index (κ2) is 4.04. The predicted molar refractivity (Wildman–Crippen MR) is 54.2 cm³/mol. The molecule has 0 radical (unpaired) electrons. The molecule has 1 atom stereocenters. The molecule has 1 aromatic heterocycles. The molecule has 0 saturated carbocycles. The van der Waals surface area contributed by atoms with E-state index in [-0.39, 0.29) is 5.02 Å². The van der Waals surface area contributed by atoms with Crippen LogP contribution in [0.5, 0.6) is 0 Å². The van der Waals surface area contributed by atoms with Crippen molar-refractivity contribution in [3.8, 4) is 0 Å². The zero-order valence-electron chi connectivity index (χ0n) is 7.65. The van der Waals surface area contributed by atoms with Gasteiger partial charge in [0.1, 0.15) is 17.7 Å². The van der Waals surface area contributed by atoms with Crippen molar-refractivity contribution in [1.82, 2.24) is 0 Å². The highest BCUT2D eigenvalue weighted by atomic mass is 35.5. The smallest absolute Gasteiger partial charge is 0.138 e. The van der Waals surface area contributed by atoms with Crippen molar-refractivity contribution >= 4 is 11.6 Å². The van der Waals surface area contributed by atoms with Gasteiger partial charge in [0, 0.05) is 10.6 Å².